The van der Waals surface area contributed by atoms with Crippen molar-refractivity contribution < 1.29 is 4.79 Å². The van der Waals surface area contributed by atoms with Gasteiger partial charge in [0.15, 0.2) is 0 Å². The van der Waals surface area contributed by atoms with Gasteiger partial charge in [0.1, 0.15) is 11.5 Å². The van der Waals surface area contributed by atoms with Gasteiger partial charge in [0.25, 0.3) is 5.91 Å². The van der Waals surface area contributed by atoms with E-state index in [0.29, 0.717) is 18.8 Å². The maximum absolute atomic E-state index is 13.1. The van der Waals surface area contributed by atoms with E-state index in [1.807, 2.05) is 41.4 Å². The van der Waals surface area contributed by atoms with E-state index in [9.17, 15) is 4.79 Å². The second-order valence-corrected chi connectivity index (χ2v) is 7.21. The van der Waals surface area contributed by atoms with Crippen molar-refractivity contribution >= 4 is 16.7 Å². The van der Waals surface area contributed by atoms with Crippen LogP contribution in [0.3, 0.4) is 0 Å². The van der Waals surface area contributed by atoms with Crippen LogP contribution >= 0.6 is 0 Å². The highest BCUT2D eigenvalue weighted by Gasteiger charge is 2.26. The summed E-state index contributed by atoms with van der Waals surface area (Å²) in [5.74, 6) is 0.862. The second kappa shape index (κ2) is 6.70. The number of carbonyl (C=O) groups excluding carboxylic acids is 1. The molecule has 136 valence electrons. The number of carbonyl (C=O) groups is 1. The molecule has 1 atom stereocenters. The SMILES string of the molecule is O=C(c1nccc2ccccc12)N1CCc2nc([C@H]3CCCN3)ncc2C1. The maximum atomic E-state index is 13.1. The van der Waals surface area contributed by atoms with Gasteiger partial charge in [0, 0.05) is 42.9 Å². The molecule has 2 aliphatic rings. The topological polar surface area (TPSA) is 71.0 Å². The minimum absolute atomic E-state index is 0.0287. The van der Waals surface area contributed by atoms with Gasteiger partial charge in [-0.3, -0.25) is 9.78 Å². The van der Waals surface area contributed by atoms with Crippen molar-refractivity contribution in [3.63, 3.8) is 0 Å². The average molecular weight is 359 g/mol. The van der Waals surface area contributed by atoms with Crippen molar-refractivity contribution in [1.29, 1.82) is 0 Å². The third-order valence-corrected chi connectivity index (χ3v) is 5.49. The van der Waals surface area contributed by atoms with Crippen molar-refractivity contribution in [2.45, 2.75) is 31.8 Å². The Balaban J connectivity index is 1.41. The van der Waals surface area contributed by atoms with E-state index >= 15 is 0 Å². The Morgan fingerprint density at radius 3 is 3.00 bits per heavy atom. The number of hydrogen-bond acceptors (Lipinski definition) is 5. The van der Waals surface area contributed by atoms with Gasteiger partial charge in [-0.25, -0.2) is 9.97 Å². The molecule has 0 spiro atoms. The molecule has 1 saturated heterocycles. The molecule has 2 aliphatic heterocycles. The zero-order valence-electron chi connectivity index (χ0n) is 15.1. The lowest BCUT2D eigenvalue weighted by molar-refractivity contribution is 0.0729. The molecule has 0 radical (unpaired) electrons. The van der Waals surface area contributed by atoms with Crippen LogP contribution in [0.2, 0.25) is 0 Å². The fourth-order valence-electron chi connectivity index (χ4n) is 4.02. The summed E-state index contributed by atoms with van der Waals surface area (Å²) in [6, 6.07) is 10.1. The van der Waals surface area contributed by atoms with Crippen LogP contribution in [-0.4, -0.2) is 38.8 Å². The van der Waals surface area contributed by atoms with Gasteiger partial charge in [0.2, 0.25) is 0 Å². The quantitative estimate of drug-likeness (QED) is 0.762. The van der Waals surface area contributed by atoms with E-state index in [0.717, 1.165) is 47.2 Å². The van der Waals surface area contributed by atoms with Crippen molar-refractivity contribution in [3.8, 4) is 0 Å². The molecule has 0 aliphatic carbocycles. The number of aromatic nitrogens is 3. The van der Waals surface area contributed by atoms with Gasteiger partial charge in [0.05, 0.1) is 11.7 Å². The predicted molar refractivity (Wildman–Crippen MR) is 102 cm³/mol. The Bertz CT molecular complexity index is 1010. The number of hydrogen-bond donors (Lipinski definition) is 1. The molecule has 1 N–H and O–H groups in total. The zero-order valence-corrected chi connectivity index (χ0v) is 15.1. The molecule has 0 unspecified atom stereocenters. The minimum atomic E-state index is -0.0287. The van der Waals surface area contributed by atoms with Crippen LogP contribution in [0.1, 0.15) is 46.5 Å². The molecule has 5 rings (SSSR count). The number of nitrogens with one attached hydrogen (secondary N) is 1. The summed E-state index contributed by atoms with van der Waals surface area (Å²) in [5.41, 5.74) is 2.63. The fraction of sp³-hybridized carbons (Fsp3) is 0.333. The van der Waals surface area contributed by atoms with Gasteiger partial charge in [-0.1, -0.05) is 24.3 Å². The van der Waals surface area contributed by atoms with Crippen LogP contribution in [0.15, 0.2) is 42.7 Å². The standard InChI is InChI=1S/C21H21N5O/c27-21(19-16-5-2-1-4-14(16)7-10-23-19)26-11-8-17-15(13-26)12-24-20(25-17)18-6-3-9-22-18/h1-2,4-5,7,10,12,18,22H,3,6,8-9,11,13H2/t18-/m1/s1. The number of rotatable bonds is 2. The van der Waals surface area contributed by atoms with Crippen LogP contribution in [0.25, 0.3) is 10.8 Å². The Labute approximate surface area is 157 Å². The molecule has 4 heterocycles. The van der Waals surface area contributed by atoms with Crippen LogP contribution < -0.4 is 5.32 Å². The minimum Gasteiger partial charge on any atom is -0.332 e. The second-order valence-electron chi connectivity index (χ2n) is 7.21. The van der Waals surface area contributed by atoms with Crippen molar-refractivity contribution in [3.05, 3.63) is 65.5 Å². The molecular formula is C21H21N5O. The normalized spacial score (nSPS) is 19.3. The molecule has 3 aromatic rings. The average Bonchev–Trinajstić information content (AvgIpc) is 3.27. The summed E-state index contributed by atoms with van der Waals surface area (Å²) in [4.78, 5) is 28.7. The highest BCUT2D eigenvalue weighted by atomic mass is 16.2. The highest BCUT2D eigenvalue weighted by molar-refractivity contribution is 6.05. The first-order valence-electron chi connectivity index (χ1n) is 9.51. The predicted octanol–water partition coefficient (Wildman–Crippen LogP) is 2.65. The molecule has 6 nitrogen and oxygen atoms in total. The third kappa shape index (κ3) is 2.96. The van der Waals surface area contributed by atoms with Crippen molar-refractivity contribution in [1.82, 2.24) is 25.2 Å². The number of pyridine rings is 1. The number of benzene rings is 1. The Morgan fingerprint density at radius 2 is 2.11 bits per heavy atom. The van der Waals surface area contributed by atoms with E-state index in [2.05, 4.69) is 15.3 Å². The Kier molecular flexibility index (Phi) is 4.05. The number of fused-ring (bicyclic) bond motifs is 2. The number of nitrogens with zero attached hydrogens (tertiary/aromatic N) is 4. The van der Waals surface area contributed by atoms with Gasteiger partial charge in [-0.05, 0) is 30.8 Å². The Hall–Kier alpha value is -2.86. The molecule has 1 fully saturated rings. The molecule has 0 saturated carbocycles. The molecule has 6 heteroatoms. The third-order valence-electron chi connectivity index (χ3n) is 5.49. The first kappa shape index (κ1) is 16.3. The molecule has 0 bridgehead atoms. The summed E-state index contributed by atoms with van der Waals surface area (Å²) < 4.78 is 0. The highest BCUT2D eigenvalue weighted by Crippen LogP contribution is 2.25. The monoisotopic (exact) mass is 359 g/mol. The number of amides is 1. The van der Waals surface area contributed by atoms with Gasteiger partial charge in [-0.15, -0.1) is 0 Å². The summed E-state index contributed by atoms with van der Waals surface area (Å²) in [6.07, 6.45) is 6.63. The summed E-state index contributed by atoms with van der Waals surface area (Å²) in [7, 11) is 0. The summed E-state index contributed by atoms with van der Waals surface area (Å²) in [6.45, 7) is 2.23. The lowest BCUT2D eigenvalue weighted by atomic mass is 10.0. The van der Waals surface area contributed by atoms with Crippen molar-refractivity contribution in [2.24, 2.45) is 0 Å². The zero-order chi connectivity index (χ0) is 18.2. The van der Waals surface area contributed by atoms with Gasteiger partial charge in [-0.2, -0.15) is 0 Å². The first-order valence-corrected chi connectivity index (χ1v) is 9.51. The summed E-state index contributed by atoms with van der Waals surface area (Å²) in [5, 5.41) is 5.38. The maximum Gasteiger partial charge on any atom is 0.273 e. The summed E-state index contributed by atoms with van der Waals surface area (Å²) >= 11 is 0. The van der Waals surface area contributed by atoms with Gasteiger partial charge < -0.3 is 10.2 Å². The molecule has 2 aromatic heterocycles. The van der Waals surface area contributed by atoms with E-state index < -0.39 is 0 Å². The molecule has 1 amide bonds. The largest absolute Gasteiger partial charge is 0.332 e. The molecular weight excluding hydrogens is 338 g/mol. The van der Waals surface area contributed by atoms with E-state index in [4.69, 9.17) is 4.98 Å². The van der Waals surface area contributed by atoms with Crippen molar-refractivity contribution in [2.75, 3.05) is 13.1 Å². The van der Waals surface area contributed by atoms with Crippen LogP contribution in [0, 0.1) is 0 Å². The van der Waals surface area contributed by atoms with Crippen LogP contribution in [-0.2, 0) is 13.0 Å². The Morgan fingerprint density at radius 1 is 1.19 bits per heavy atom. The first-order chi connectivity index (χ1) is 13.3. The van der Waals surface area contributed by atoms with E-state index in [1.54, 1.807) is 6.20 Å². The fourth-order valence-corrected chi connectivity index (χ4v) is 4.02. The van der Waals surface area contributed by atoms with Crippen LogP contribution in [0.4, 0.5) is 0 Å². The van der Waals surface area contributed by atoms with E-state index in [-0.39, 0.29) is 11.9 Å². The van der Waals surface area contributed by atoms with Crippen LogP contribution in [0.5, 0.6) is 0 Å². The molecule has 1 aromatic carbocycles. The smallest absolute Gasteiger partial charge is 0.273 e. The van der Waals surface area contributed by atoms with E-state index in [1.165, 1.54) is 6.42 Å². The van der Waals surface area contributed by atoms with Gasteiger partial charge >= 0.3 is 0 Å². The lowest BCUT2D eigenvalue weighted by Crippen LogP contribution is -2.37. The molecule has 27 heavy (non-hydrogen) atoms. The lowest BCUT2D eigenvalue weighted by Gasteiger charge is -2.28.